The first-order valence-electron chi connectivity index (χ1n) is 3.95. The van der Waals surface area contributed by atoms with Gasteiger partial charge in [-0.2, -0.15) is 4.39 Å². The molecule has 0 saturated heterocycles. The molecule has 0 aliphatic heterocycles. The topological polar surface area (TPSA) is 39.2 Å². The van der Waals surface area contributed by atoms with Crippen molar-refractivity contribution in [3.05, 3.63) is 29.3 Å². The molecular weight excluding hydrogens is 173 g/mol. The average molecular weight is 183 g/mol. The number of pyridine rings is 1. The Morgan fingerprint density at radius 1 is 1.69 bits per heavy atom. The SMILES string of the molecule is CCOC(=O)c1ccnc(F)c1C. The maximum atomic E-state index is 12.9. The third-order valence-electron chi connectivity index (χ3n) is 1.64. The van der Waals surface area contributed by atoms with E-state index in [4.69, 9.17) is 4.74 Å². The van der Waals surface area contributed by atoms with Crippen molar-refractivity contribution < 1.29 is 13.9 Å². The number of nitrogens with zero attached hydrogens (tertiary/aromatic N) is 1. The zero-order chi connectivity index (χ0) is 9.84. The van der Waals surface area contributed by atoms with E-state index in [2.05, 4.69) is 4.98 Å². The summed E-state index contributed by atoms with van der Waals surface area (Å²) in [5, 5.41) is 0. The van der Waals surface area contributed by atoms with Crippen LogP contribution < -0.4 is 0 Å². The van der Waals surface area contributed by atoms with Gasteiger partial charge in [0.05, 0.1) is 12.2 Å². The molecule has 1 aromatic heterocycles. The Morgan fingerprint density at radius 3 is 3.00 bits per heavy atom. The smallest absolute Gasteiger partial charge is 0.338 e. The van der Waals surface area contributed by atoms with E-state index in [1.165, 1.54) is 19.2 Å². The summed E-state index contributed by atoms with van der Waals surface area (Å²) in [7, 11) is 0. The molecule has 0 saturated carbocycles. The Bertz CT molecular complexity index is 325. The van der Waals surface area contributed by atoms with Crippen LogP contribution in [0.1, 0.15) is 22.8 Å². The number of carbonyl (C=O) groups is 1. The predicted molar refractivity (Wildman–Crippen MR) is 44.9 cm³/mol. The first kappa shape index (κ1) is 9.64. The lowest BCUT2D eigenvalue weighted by atomic mass is 10.1. The minimum Gasteiger partial charge on any atom is -0.462 e. The van der Waals surface area contributed by atoms with E-state index in [9.17, 15) is 9.18 Å². The Morgan fingerprint density at radius 2 is 2.38 bits per heavy atom. The molecule has 0 aliphatic carbocycles. The molecule has 3 nitrogen and oxygen atoms in total. The Hall–Kier alpha value is -1.45. The van der Waals surface area contributed by atoms with Gasteiger partial charge in [0.25, 0.3) is 0 Å². The van der Waals surface area contributed by atoms with Crippen LogP contribution in [-0.2, 0) is 4.74 Å². The molecule has 0 N–H and O–H groups in total. The van der Waals surface area contributed by atoms with E-state index >= 15 is 0 Å². The van der Waals surface area contributed by atoms with Crippen LogP contribution in [0.3, 0.4) is 0 Å². The van der Waals surface area contributed by atoms with Crippen LogP contribution >= 0.6 is 0 Å². The molecule has 0 spiro atoms. The first-order valence-corrected chi connectivity index (χ1v) is 3.95. The van der Waals surface area contributed by atoms with Crippen LogP contribution in [0.15, 0.2) is 12.3 Å². The minimum atomic E-state index is -0.634. The van der Waals surface area contributed by atoms with Crippen molar-refractivity contribution in [3.8, 4) is 0 Å². The lowest BCUT2D eigenvalue weighted by molar-refractivity contribution is 0.0524. The van der Waals surface area contributed by atoms with Crippen LogP contribution in [0.5, 0.6) is 0 Å². The molecule has 0 unspecified atom stereocenters. The highest BCUT2D eigenvalue weighted by Crippen LogP contribution is 2.10. The van der Waals surface area contributed by atoms with Crippen molar-refractivity contribution in [1.29, 1.82) is 0 Å². The van der Waals surface area contributed by atoms with Gasteiger partial charge in [0.15, 0.2) is 0 Å². The van der Waals surface area contributed by atoms with Crippen molar-refractivity contribution in [2.24, 2.45) is 0 Å². The van der Waals surface area contributed by atoms with Gasteiger partial charge in [-0.3, -0.25) is 0 Å². The number of aromatic nitrogens is 1. The summed E-state index contributed by atoms with van der Waals surface area (Å²) >= 11 is 0. The van der Waals surface area contributed by atoms with E-state index in [-0.39, 0.29) is 17.7 Å². The van der Waals surface area contributed by atoms with E-state index in [1.54, 1.807) is 6.92 Å². The molecule has 0 aromatic carbocycles. The molecule has 0 atom stereocenters. The minimum absolute atomic E-state index is 0.223. The van der Waals surface area contributed by atoms with Gasteiger partial charge in [-0.1, -0.05) is 0 Å². The van der Waals surface area contributed by atoms with Gasteiger partial charge in [-0.15, -0.1) is 0 Å². The molecule has 13 heavy (non-hydrogen) atoms. The summed E-state index contributed by atoms with van der Waals surface area (Å²) in [6.07, 6.45) is 1.24. The van der Waals surface area contributed by atoms with E-state index in [0.717, 1.165) is 0 Å². The molecule has 1 heterocycles. The summed E-state index contributed by atoms with van der Waals surface area (Å²) in [4.78, 5) is 14.6. The van der Waals surface area contributed by atoms with Gasteiger partial charge in [0, 0.05) is 11.8 Å². The third kappa shape index (κ3) is 2.02. The van der Waals surface area contributed by atoms with Gasteiger partial charge >= 0.3 is 5.97 Å². The molecular formula is C9H10FNO2. The summed E-state index contributed by atoms with van der Waals surface area (Å²) in [6, 6.07) is 1.44. The number of hydrogen-bond donors (Lipinski definition) is 0. The Labute approximate surface area is 75.6 Å². The third-order valence-corrected chi connectivity index (χ3v) is 1.64. The number of esters is 1. The number of rotatable bonds is 2. The largest absolute Gasteiger partial charge is 0.462 e. The second kappa shape index (κ2) is 3.98. The van der Waals surface area contributed by atoms with Crippen LogP contribution in [0, 0.1) is 12.9 Å². The normalized spacial score (nSPS) is 9.77. The molecule has 0 radical (unpaired) electrons. The number of halogens is 1. The second-order valence-corrected chi connectivity index (χ2v) is 2.49. The molecule has 1 aromatic rings. The van der Waals surface area contributed by atoms with Gasteiger partial charge in [-0.05, 0) is 19.9 Å². The number of hydrogen-bond acceptors (Lipinski definition) is 3. The summed E-state index contributed by atoms with van der Waals surface area (Å²) < 4.78 is 17.6. The van der Waals surface area contributed by atoms with Crippen LogP contribution in [0.4, 0.5) is 4.39 Å². The highest BCUT2D eigenvalue weighted by atomic mass is 19.1. The molecule has 70 valence electrons. The maximum Gasteiger partial charge on any atom is 0.338 e. The lowest BCUT2D eigenvalue weighted by Crippen LogP contribution is -2.08. The van der Waals surface area contributed by atoms with E-state index < -0.39 is 11.9 Å². The lowest BCUT2D eigenvalue weighted by Gasteiger charge is -2.04. The van der Waals surface area contributed by atoms with Crippen molar-refractivity contribution in [3.63, 3.8) is 0 Å². The fourth-order valence-corrected chi connectivity index (χ4v) is 0.940. The van der Waals surface area contributed by atoms with Crippen LogP contribution in [0.2, 0.25) is 0 Å². The van der Waals surface area contributed by atoms with Crippen molar-refractivity contribution in [1.82, 2.24) is 4.98 Å². The zero-order valence-corrected chi connectivity index (χ0v) is 7.50. The van der Waals surface area contributed by atoms with Crippen LogP contribution in [-0.4, -0.2) is 17.6 Å². The Kier molecular flexibility index (Phi) is 2.95. The number of carbonyl (C=O) groups excluding carboxylic acids is 1. The monoisotopic (exact) mass is 183 g/mol. The Balaban J connectivity index is 3.01. The fourth-order valence-electron chi connectivity index (χ4n) is 0.940. The predicted octanol–water partition coefficient (Wildman–Crippen LogP) is 1.71. The standard InChI is InChI=1S/C9H10FNO2/c1-3-13-9(12)7-4-5-11-8(10)6(7)2/h4-5H,3H2,1-2H3. The van der Waals surface area contributed by atoms with Gasteiger partial charge in [-0.25, -0.2) is 9.78 Å². The van der Waals surface area contributed by atoms with Gasteiger partial charge < -0.3 is 4.74 Å². The maximum absolute atomic E-state index is 12.9. The van der Waals surface area contributed by atoms with Gasteiger partial charge in [0.2, 0.25) is 5.95 Å². The van der Waals surface area contributed by atoms with Crippen LogP contribution in [0.25, 0.3) is 0 Å². The van der Waals surface area contributed by atoms with Gasteiger partial charge in [0.1, 0.15) is 0 Å². The summed E-state index contributed by atoms with van der Waals surface area (Å²) in [5.41, 5.74) is 0.454. The van der Waals surface area contributed by atoms with E-state index in [1.807, 2.05) is 0 Å². The second-order valence-electron chi connectivity index (χ2n) is 2.49. The molecule has 0 amide bonds. The highest BCUT2D eigenvalue weighted by molar-refractivity contribution is 5.90. The zero-order valence-electron chi connectivity index (χ0n) is 7.50. The summed E-state index contributed by atoms with van der Waals surface area (Å²) in [6.45, 7) is 3.47. The fraction of sp³-hybridized carbons (Fsp3) is 0.333. The van der Waals surface area contributed by atoms with Crippen molar-refractivity contribution in [2.75, 3.05) is 6.61 Å². The van der Waals surface area contributed by atoms with Crippen molar-refractivity contribution >= 4 is 5.97 Å². The molecule has 0 fully saturated rings. The molecule has 4 heteroatoms. The average Bonchev–Trinajstić information content (AvgIpc) is 2.10. The van der Waals surface area contributed by atoms with Crippen molar-refractivity contribution in [2.45, 2.75) is 13.8 Å². The summed E-state index contributed by atoms with van der Waals surface area (Å²) in [5.74, 6) is -1.15. The quantitative estimate of drug-likeness (QED) is 0.517. The highest BCUT2D eigenvalue weighted by Gasteiger charge is 2.12. The van der Waals surface area contributed by atoms with E-state index in [0.29, 0.717) is 0 Å². The number of ether oxygens (including phenoxy) is 1. The molecule has 0 aliphatic rings. The molecule has 0 bridgehead atoms. The molecule has 1 rings (SSSR count). The first-order chi connectivity index (χ1) is 6.16.